The van der Waals surface area contributed by atoms with E-state index in [0.717, 1.165) is 38.4 Å². The van der Waals surface area contributed by atoms with Crippen LogP contribution in [0.4, 0.5) is 0 Å². The number of aryl methyl sites for hydroxylation is 1. The third-order valence-electron chi connectivity index (χ3n) is 6.99. The molecule has 2 fully saturated rings. The third-order valence-corrected chi connectivity index (χ3v) is 6.99. The number of fused-ring (bicyclic) bond motifs is 3. The molecule has 3 heterocycles. The number of nitrogens with zero attached hydrogens (tertiary/aromatic N) is 2. The molecule has 1 aromatic heterocycles. The second-order valence-corrected chi connectivity index (χ2v) is 8.89. The molecule has 2 amide bonds. The van der Waals surface area contributed by atoms with E-state index in [1.807, 2.05) is 41.4 Å². The summed E-state index contributed by atoms with van der Waals surface area (Å²) >= 11 is 0. The molecule has 32 heavy (non-hydrogen) atoms. The molecule has 6 rings (SSSR count). The highest BCUT2D eigenvalue weighted by molar-refractivity contribution is 6.07. The second kappa shape index (κ2) is 7.16. The lowest BCUT2D eigenvalue weighted by Gasteiger charge is -2.18. The zero-order valence-electron chi connectivity index (χ0n) is 17.8. The van der Waals surface area contributed by atoms with E-state index in [1.165, 1.54) is 0 Å². The number of nitrogens with one attached hydrogen (secondary N) is 1. The first-order valence-electron chi connectivity index (χ1n) is 11.0. The molecule has 1 N–H and O–H groups in total. The minimum Gasteiger partial charge on any atom is -0.355 e. The van der Waals surface area contributed by atoms with Crippen LogP contribution >= 0.6 is 0 Å². The van der Waals surface area contributed by atoms with E-state index in [2.05, 4.69) is 47.6 Å². The van der Waals surface area contributed by atoms with E-state index in [1.54, 1.807) is 0 Å². The Kier molecular flexibility index (Phi) is 4.25. The number of pyridine rings is 1. The van der Waals surface area contributed by atoms with Crippen LogP contribution in [0.15, 0.2) is 66.9 Å². The van der Waals surface area contributed by atoms with E-state index < -0.39 is 0 Å². The van der Waals surface area contributed by atoms with Crippen LogP contribution in [0, 0.1) is 18.8 Å². The molecule has 0 aliphatic carbocycles. The highest BCUT2D eigenvalue weighted by Gasteiger charge is 2.43. The molecule has 0 spiro atoms. The van der Waals surface area contributed by atoms with Crippen molar-refractivity contribution in [2.75, 3.05) is 19.6 Å². The Hall–Kier alpha value is -3.73. The predicted molar refractivity (Wildman–Crippen MR) is 125 cm³/mol. The van der Waals surface area contributed by atoms with E-state index in [-0.39, 0.29) is 23.7 Å². The quantitative estimate of drug-likeness (QED) is 0.528. The fourth-order valence-corrected chi connectivity index (χ4v) is 5.29. The van der Waals surface area contributed by atoms with Gasteiger partial charge in [-0.2, -0.15) is 0 Å². The molecular formula is C27H23N3O2. The Balaban J connectivity index is 1.39. The topological polar surface area (TPSA) is 62.3 Å². The summed E-state index contributed by atoms with van der Waals surface area (Å²) < 4.78 is 0. The molecule has 2 aliphatic rings. The van der Waals surface area contributed by atoms with E-state index >= 15 is 0 Å². The molecule has 0 saturated carbocycles. The summed E-state index contributed by atoms with van der Waals surface area (Å²) in [5.74, 6) is 0.258. The van der Waals surface area contributed by atoms with Gasteiger partial charge in [-0.3, -0.25) is 14.6 Å². The summed E-state index contributed by atoms with van der Waals surface area (Å²) in [5, 5.41) is 6.17. The van der Waals surface area contributed by atoms with Crippen molar-refractivity contribution in [3.63, 3.8) is 0 Å². The van der Waals surface area contributed by atoms with Crippen LogP contribution in [0.2, 0.25) is 0 Å². The minimum absolute atomic E-state index is 0.00416. The third kappa shape index (κ3) is 2.88. The van der Waals surface area contributed by atoms with Crippen molar-refractivity contribution in [1.82, 2.24) is 15.2 Å². The average Bonchev–Trinajstić information content (AvgIpc) is 3.40. The Labute approximate surface area is 186 Å². The van der Waals surface area contributed by atoms with Gasteiger partial charge in [0.1, 0.15) is 0 Å². The van der Waals surface area contributed by atoms with Crippen molar-refractivity contribution in [2.45, 2.75) is 6.92 Å². The maximum absolute atomic E-state index is 13.2. The lowest BCUT2D eigenvalue weighted by Crippen LogP contribution is -2.33. The molecule has 2 saturated heterocycles. The number of hydrogen-bond acceptors (Lipinski definition) is 3. The largest absolute Gasteiger partial charge is 0.355 e. The van der Waals surface area contributed by atoms with Crippen molar-refractivity contribution in [3.05, 3.63) is 78.0 Å². The van der Waals surface area contributed by atoms with Crippen LogP contribution < -0.4 is 5.32 Å². The van der Waals surface area contributed by atoms with Gasteiger partial charge in [-0.25, -0.2) is 0 Å². The molecule has 0 bridgehead atoms. The monoisotopic (exact) mass is 421 g/mol. The van der Waals surface area contributed by atoms with Crippen molar-refractivity contribution in [2.24, 2.45) is 11.8 Å². The minimum atomic E-state index is -0.0607. The SMILES string of the molecule is Cc1ccc(-c2cccc3cc(C(=O)N4C[C@@H]5CNC(=O)[C@@H]5C4)ccc23)c2cccnc12. The first kappa shape index (κ1) is 19.0. The lowest BCUT2D eigenvalue weighted by atomic mass is 9.93. The highest BCUT2D eigenvalue weighted by Crippen LogP contribution is 2.35. The molecule has 0 radical (unpaired) electrons. The Bertz CT molecular complexity index is 1410. The van der Waals surface area contributed by atoms with Crippen molar-refractivity contribution in [3.8, 4) is 11.1 Å². The van der Waals surface area contributed by atoms with Gasteiger partial charge >= 0.3 is 0 Å². The Morgan fingerprint density at radius 3 is 2.75 bits per heavy atom. The predicted octanol–water partition coefficient (Wildman–Crippen LogP) is 4.18. The summed E-state index contributed by atoms with van der Waals surface area (Å²) in [4.78, 5) is 31.6. The number of amides is 2. The van der Waals surface area contributed by atoms with Crippen molar-refractivity contribution >= 4 is 33.5 Å². The zero-order valence-corrected chi connectivity index (χ0v) is 17.8. The molecule has 2 atom stereocenters. The maximum Gasteiger partial charge on any atom is 0.253 e. The van der Waals surface area contributed by atoms with E-state index in [0.29, 0.717) is 25.2 Å². The molecule has 2 aliphatic heterocycles. The fourth-order valence-electron chi connectivity index (χ4n) is 5.29. The van der Waals surface area contributed by atoms with E-state index in [9.17, 15) is 9.59 Å². The van der Waals surface area contributed by atoms with Crippen LogP contribution in [0.3, 0.4) is 0 Å². The van der Waals surface area contributed by atoms with Crippen LogP contribution in [0.5, 0.6) is 0 Å². The number of hydrogen-bond donors (Lipinski definition) is 1. The van der Waals surface area contributed by atoms with Gasteiger partial charge in [0.05, 0.1) is 11.4 Å². The summed E-state index contributed by atoms with van der Waals surface area (Å²) in [5.41, 5.74) is 5.11. The first-order valence-corrected chi connectivity index (χ1v) is 11.0. The second-order valence-electron chi connectivity index (χ2n) is 8.89. The molecular weight excluding hydrogens is 398 g/mol. The Morgan fingerprint density at radius 1 is 1.00 bits per heavy atom. The average molecular weight is 422 g/mol. The van der Waals surface area contributed by atoms with Gasteiger partial charge in [-0.05, 0) is 52.6 Å². The van der Waals surface area contributed by atoms with Gasteiger partial charge in [0.2, 0.25) is 5.91 Å². The van der Waals surface area contributed by atoms with Gasteiger partial charge < -0.3 is 10.2 Å². The number of likely N-dealkylation sites (tertiary alicyclic amines) is 1. The van der Waals surface area contributed by atoms with Gasteiger partial charge in [0.15, 0.2) is 0 Å². The standard InChI is InChI=1S/C27H23N3O2/c1-16-7-9-22(23-6-3-11-28-25(16)23)21-5-2-4-17-12-18(8-10-20(17)21)27(32)30-14-19-13-29-26(31)24(19)15-30/h2-12,19,24H,13-15H2,1H3,(H,29,31)/t19-,24+/m0/s1. The first-order chi connectivity index (χ1) is 15.6. The molecule has 158 valence electrons. The zero-order chi connectivity index (χ0) is 21.8. The van der Waals surface area contributed by atoms with Crippen molar-refractivity contribution < 1.29 is 9.59 Å². The number of rotatable bonds is 2. The fraction of sp³-hybridized carbons (Fsp3) is 0.222. The summed E-state index contributed by atoms with van der Waals surface area (Å²) in [6.07, 6.45) is 1.83. The summed E-state index contributed by atoms with van der Waals surface area (Å²) in [7, 11) is 0. The van der Waals surface area contributed by atoms with Gasteiger partial charge in [0, 0.05) is 42.7 Å². The number of carbonyl (C=O) groups is 2. The maximum atomic E-state index is 13.2. The van der Waals surface area contributed by atoms with Gasteiger partial charge in [0.25, 0.3) is 5.91 Å². The number of aromatic nitrogens is 1. The van der Waals surface area contributed by atoms with E-state index in [4.69, 9.17) is 0 Å². The molecule has 5 nitrogen and oxygen atoms in total. The number of carbonyl (C=O) groups excluding carboxylic acids is 2. The molecule has 5 heteroatoms. The molecule has 3 aromatic carbocycles. The van der Waals surface area contributed by atoms with Crippen LogP contribution in [-0.2, 0) is 4.79 Å². The Morgan fingerprint density at radius 2 is 1.88 bits per heavy atom. The van der Waals surface area contributed by atoms with Crippen molar-refractivity contribution in [1.29, 1.82) is 0 Å². The smallest absolute Gasteiger partial charge is 0.253 e. The summed E-state index contributed by atoms with van der Waals surface area (Å²) in [6.45, 7) is 3.91. The van der Waals surface area contributed by atoms with Gasteiger partial charge in [-0.15, -0.1) is 0 Å². The highest BCUT2D eigenvalue weighted by atomic mass is 16.2. The normalized spacial score (nSPS) is 20.0. The summed E-state index contributed by atoms with van der Waals surface area (Å²) in [6, 6.07) is 20.5. The lowest BCUT2D eigenvalue weighted by molar-refractivity contribution is -0.122. The van der Waals surface area contributed by atoms with Crippen LogP contribution in [-0.4, -0.2) is 41.3 Å². The van der Waals surface area contributed by atoms with Crippen LogP contribution in [0.1, 0.15) is 15.9 Å². The number of benzene rings is 3. The molecule has 0 unspecified atom stereocenters. The molecule has 4 aromatic rings. The van der Waals surface area contributed by atoms with Crippen LogP contribution in [0.25, 0.3) is 32.8 Å². The van der Waals surface area contributed by atoms with Gasteiger partial charge in [-0.1, -0.05) is 42.5 Å².